The van der Waals surface area contributed by atoms with Gasteiger partial charge in [-0.2, -0.15) is 0 Å². The van der Waals surface area contributed by atoms with E-state index in [1.165, 1.54) is 0 Å². The summed E-state index contributed by atoms with van der Waals surface area (Å²) in [6, 6.07) is 19.1. The number of hydrogen-bond acceptors (Lipinski definition) is 4. The van der Waals surface area contributed by atoms with E-state index >= 15 is 0 Å². The third kappa shape index (κ3) is 3.65. The number of nitrogens with two attached hydrogens (primary N) is 1. The number of ether oxygens (including phenoxy) is 2. The Bertz CT molecular complexity index is 1160. The number of sulfonamides is 1. The Balaban J connectivity index is 1.93. The monoisotopic (exact) mass is 459 g/mol. The number of hydrogen-bond donors (Lipinski definition) is 1. The average Bonchev–Trinajstić information content (AvgIpc) is 2.65. The second kappa shape index (κ2) is 7.24. The highest BCUT2D eigenvalue weighted by atomic mass is 79.9. The molecule has 5 nitrogen and oxygen atoms in total. The highest BCUT2D eigenvalue weighted by Crippen LogP contribution is 2.49. The maximum Gasteiger partial charge on any atom is 0.213 e. The van der Waals surface area contributed by atoms with E-state index in [0.29, 0.717) is 11.3 Å². The summed E-state index contributed by atoms with van der Waals surface area (Å²) >= 11 is 3.51. The van der Waals surface area contributed by atoms with E-state index in [2.05, 4.69) is 15.9 Å². The molecule has 0 fully saturated rings. The van der Waals surface area contributed by atoms with Gasteiger partial charge in [0.05, 0.1) is 18.4 Å². The van der Waals surface area contributed by atoms with Crippen molar-refractivity contribution in [3.05, 3.63) is 81.8 Å². The van der Waals surface area contributed by atoms with Crippen molar-refractivity contribution in [3.63, 3.8) is 0 Å². The van der Waals surface area contributed by atoms with Crippen LogP contribution < -0.4 is 14.6 Å². The zero-order valence-electron chi connectivity index (χ0n) is 15.1. The van der Waals surface area contributed by atoms with E-state index < -0.39 is 10.0 Å². The number of halogens is 1. The summed E-state index contributed by atoms with van der Waals surface area (Å²) in [7, 11) is -2.02. The number of rotatable bonds is 4. The van der Waals surface area contributed by atoms with Crippen LogP contribution in [-0.4, -0.2) is 15.5 Å². The smallest absolute Gasteiger partial charge is 0.213 e. The first-order valence-electron chi connectivity index (χ1n) is 8.58. The van der Waals surface area contributed by atoms with E-state index in [0.717, 1.165) is 32.5 Å². The lowest BCUT2D eigenvalue weighted by molar-refractivity contribution is 0.242. The molecule has 28 heavy (non-hydrogen) atoms. The second-order valence-electron chi connectivity index (χ2n) is 6.62. The molecule has 0 amide bonds. The molecular formula is C21H18BrNO4S. The van der Waals surface area contributed by atoms with Crippen LogP contribution >= 0.6 is 15.9 Å². The van der Waals surface area contributed by atoms with Crippen LogP contribution in [-0.2, 0) is 15.8 Å². The maximum absolute atomic E-state index is 11.6. The molecule has 0 bridgehead atoms. The largest absolute Gasteiger partial charge is 0.496 e. The first kappa shape index (κ1) is 19.0. The van der Waals surface area contributed by atoms with Crippen LogP contribution in [0.1, 0.15) is 22.8 Å². The standard InChI is InChI=1S/C21H18BrNO4S/c1-26-18-6-3-7-19-20(18)16-9-8-13(12-28(23,24)25)10-17(16)21(27-19)14-4-2-5-15(22)11-14/h2-11,21H,12H2,1H3,(H2,23,24,25). The van der Waals surface area contributed by atoms with Crippen LogP contribution in [0.5, 0.6) is 11.5 Å². The maximum atomic E-state index is 11.6. The highest BCUT2D eigenvalue weighted by molar-refractivity contribution is 9.10. The lowest BCUT2D eigenvalue weighted by Crippen LogP contribution is -2.18. The summed E-state index contributed by atoms with van der Waals surface area (Å²) in [6.45, 7) is 0. The molecule has 2 N–H and O–H groups in total. The van der Waals surface area contributed by atoms with Crippen molar-refractivity contribution in [2.24, 2.45) is 5.14 Å². The predicted octanol–water partition coefficient (Wildman–Crippen LogP) is 4.40. The Morgan fingerprint density at radius 3 is 2.61 bits per heavy atom. The molecule has 1 unspecified atom stereocenters. The van der Waals surface area contributed by atoms with Gasteiger partial charge in [-0.1, -0.05) is 52.3 Å². The van der Waals surface area contributed by atoms with Crippen LogP contribution in [0.4, 0.5) is 0 Å². The average molecular weight is 460 g/mol. The third-order valence-corrected chi connectivity index (χ3v) is 5.87. The Labute approximate surface area is 172 Å². The van der Waals surface area contributed by atoms with E-state index in [1.54, 1.807) is 13.2 Å². The molecule has 3 aromatic carbocycles. The lowest BCUT2D eigenvalue weighted by atomic mass is 9.88. The van der Waals surface area contributed by atoms with Gasteiger partial charge in [-0.3, -0.25) is 0 Å². The van der Waals surface area contributed by atoms with Gasteiger partial charge >= 0.3 is 0 Å². The summed E-state index contributed by atoms with van der Waals surface area (Å²) < 4.78 is 36.0. The van der Waals surface area contributed by atoms with Gasteiger partial charge in [0.1, 0.15) is 17.6 Å². The zero-order chi connectivity index (χ0) is 19.9. The van der Waals surface area contributed by atoms with Crippen LogP contribution in [0, 0.1) is 0 Å². The summed E-state index contributed by atoms with van der Waals surface area (Å²) in [5.41, 5.74) is 4.24. The molecule has 0 spiro atoms. The minimum Gasteiger partial charge on any atom is -0.496 e. The van der Waals surface area contributed by atoms with E-state index in [-0.39, 0.29) is 11.9 Å². The molecular weight excluding hydrogens is 442 g/mol. The van der Waals surface area contributed by atoms with Gasteiger partial charge in [0.25, 0.3) is 0 Å². The van der Waals surface area contributed by atoms with E-state index in [9.17, 15) is 8.42 Å². The van der Waals surface area contributed by atoms with Gasteiger partial charge in [0, 0.05) is 10.0 Å². The summed E-state index contributed by atoms with van der Waals surface area (Å²) in [6.07, 6.45) is -0.382. The number of methoxy groups -OCH3 is 1. The molecule has 1 aliphatic heterocycles. The first-order valence-corrected chi connectivity index (χ1v) is 11.1. The van der Waals surface area contributed by atoms with Crippen molar-refractivity contribution in [1.82, 2.24) is 0 Å². The zero-order valence-corrected chi connectivity index (χ0v) is 17.5. The Hall–Kier alpha value is -2.35. The first-order chi connectivity index (χ1) is 13.4. The van der Waals surface area contributed by atoms with Crippen molar-refractivity contribution in [2.75, 3.05) is 7.11 Å². The molecule has 0 saturated carbocycles. The van der Waals surface area contributed by atoms with Crippen molar-refractivity contribution < 1.29 is 17.9 Å². The summed E-state index contributed by atoms with van der Waals surface area (Å²) in [4.78, 5) is 0. The molecule has 4 rings (SSSR count). The molecule has 1 atom stereocenters. The SMILES string of the molecule is COc1cccc2c1-c1ccc(CS(N)(=O)=O)cc1C(c1cccc(Br)c1)O2. The summed E-state index contributed by atoms with van der Waals surface area (Å²) in [5.74, 6) is 1.19. The van der Waals surface area contributed by atoms with Crippen LogP contribution in [0.2, 0.25) is 0 Å². The normalized spacial score (nSPS) is 15.3. The Morgan fingerprint density at radius 1 is 1.11 bits per heavy atom. The van der Waals surface area contributed by atoms with Gasteiger partial charge in [-0.15, -0.1) is 0 Å². The van der Waals surface area contributed by atoms with Gasteiger partial charge in [-0.05, 0) is 41.0 Å². The summed E-state index contributed by atoms with van der Waals surface area (Å²) in [5, 5.41) is 5.25. The topological polar surface area (TPSA) is 78.6 Å². The van der Waals surface area contributed by atoms with Crippen LogP contribution in [0.15, 0.2) is 65.1 Å². The van der Waals surface area contributed by atoms with E-state index in [4.69, 9.17) is 14.6 Å². The fraction of sp³-hybridized carbons (Fsp3) is 0.143. The molecule has 0 aliphatic carbocycles. The number of benzene rings is 3. The highest BCUT2D eigenvalue weighted by Gasteiger charge is 2.30. The Kier molecular flexibility index (Phi) is 4.91. The fourth-order valence-electron chi connectivity index (χ4n) is 3.53. The third-order valence-electron chi connectivity index (χ3n) is 4.64. The molecule has 0 saturated heterocycles. The minimum absolute atomic E-state index is 0.232. The molecule has 144 valence electrons. The molecule has 7 heteroatoms. The number of primary sulfonamides is 1. The van der Waals surface area contributed by atoms with Crippen LogP contribution in [0.3, 0.4) is 0 Å². The van der Waals surface area contributed by atoms with Gasteiger partial charge in [0.2, 0.25) is 10.0 Å². The van der Waals surface area contributed by atoms with Gasteiger partial charge in [-0.25, -0.2) is 13.6 Å². The molecule has 1 heterocycles. The van der Waals surface area contributed by atoms with Crippen molar-refractivity contribution in [3.8, 4) is 22.6 Å². The van der Waals surface area contributed by atoms with Crippen molar-refractivity contribution >= 4 is 26.0 Å². The fourth-order valence-corrected chi connectivity index (χ4v) is 4.59. The quantitative estimate of drug-likeness (QED) is 0.626. The lowest BCUT2D eigenvalue weighted by Gasteiger charge is -2.30. The molecule has 3 aromatic rings. The minimum atomic E-state index is -3.64. The Morgan fingerprint density at radius 2 is 1.89 bits per heavy atom. The van der Waals surface area contributed by atoms with E-state index in [1.807, 2.05) is 54.6 Å². The van der Waals surface area contributed by atoms with Gasteiger partial charge < -0.3 is 9.47 Å². The molecule has 0 aromatic heterocycles. The van der Waals surface area contributed by atoms with Gasteiger partial charge in [0.15, 0.2) is 0 Å². The molecule has 0 radical (unpaired) electrons. The molecule has 1 aliphatic rings. The van der Waals surface area contributed by atoms with Crippen LogP contribution in [0.25, 0.3) is 11.1 Å². The van der Waals surface area contributed by atoms with Crippen molar-refractivity contribution in [2.45, 2.75) is 11.9 Å². The second-order valence-corrected chi connectivity index (χ2v) is 9.15. The number of fused-ring (bicyclic) bond motifs is 3. The predicted molar refractivity (Wildman–Crippen MR) is 112 cm³/mol. The van der Waals surface area contributed by atoms with Crippen molar-refractivity contribution in [1.29, 1.82) is 0 Å².